The van der Waals surface area contributed by atoms with E-state index >= 15 is 0 Å². The first kappa shape index (κ1) is 18.7. The fourth-order valence-electron chi connectivity index (χ4n) is 2.98. The van der Waals surface area contributed by atoms with Gasteiger partial charge in [0, 0.05) is 37.2 Å². The average Bonchev–Trinajstić information content (AvgIpc) is 3.06. The second kappa shape index (κ2) is 7.66. The van der Waals surface area contributed by atoms with E-state index in [1.54, 1.807) is 32.5 Å². The van der Waals surface area contributed by atoms with Crippen LogP contribution in [-0.2, 0) is 17.8 Å². The smallest absolute Gasteiger partial charge is 0.253 e. The number of benzene rings is 2. The van der Waals surface area contributed by atoms with Gasteiger partial charge in [0.05, 0.1) is 12.7 Å². The van der Waals surface area contributed by atoms with Gasteiger partial charge in [0.25, 0.3) is 5.91 Å². The van der Waals surface area contributed by atoms with Gasteiger partial charge in [0.1, 0.15) is 5.58 Å². The van der Waals surface area contributed by atoms with Gasteiger partial charge in [-0.25, -0.2) is 0 Å². The van der Waals surface area contributed by atoms with Crippen molar-refractivity contribution in [1.29, 1.82) is 0 Å². The molecule has 3 aromatic rings. The molecule has 27 heavy (non-hydrogen) atoms. The Morgan fingerprint density at radius 2 is 1.74 bits per heavy atom. The van der Waals surface area contributed by atoms with Crippen molar-refractivity contribution in [3.05, 3.63) is 70.5 Å². The molecule has 5 heteroatoms. The van der Waals surface area contributed by atoms with Gasteiger partial charge in [0.15, 0.2) is 0 Å². The number of hydrogen-bond donors (Lipinski definition) is 1. The molecule has 0 aliphatic carbocycles. The molecule has 0 spiro atoms. The van der Waals surface area contributed by atoms with Crippen LogP contribution in [0.2, 0.25) is 0 Å². The lowest BCUT2D eigenvalue weighted by Crippen LogP contribution is -2.24. The molecule has 1 heterocycles. The van der Waals surface area contributed by atoms with E-state index < -0.39 is 0 Å². The van der Waals surface area contributed by atoms with Crippen LogP contribution in [0.1, 0.15) is 32.6 Å². The molecule has 0 atom stereocenters. The first-order chi connectivity index (χ1) is 12.9. The van der Waals surface area contributed by atoms with Crippen molar-refractivity contribution in [3.63, 3.8) is 0 Å². The number of carbonyl (C=O) groups is 2. The van der Waals surface area contributed by atoms with Crippen LogP contribution in [0.25, 0.3) is 11.0 Å². The van der Waals surface area contributed by atoms with E-state index in [9.17, 15) is 9.59 Å². The molecule has 1 N–H and O–H groups in total. The summed E-state index contributed by atoms with van der Waals surface area (Å²) in [6.45, 7) is 4.49. The van der Waals surface area contributed by atoms with Gasteiger partial charge in [-0.2, -0.15) is 0 Å². The molecule has 0 fully saturated rings. The highest BCUT2D eigenvalue weighted by atomic mass is 16.3. The Morgan fingerprint density at radius 3 is 2.41 bits per heavy atom. The molecule has 2 amide bonds. The van der Waals surface area contributed by atoms with E-state index in [0.717, 1.165) is 27.7 Å². The summed E-state index contributed by atoms with van der Waals surface area (Å²) in [5, 5.41) is 3.91. The first-order valence-corrected chi connectivity index (χ1v) is 8.90. The molecular formula is C22H24N2O3. The summed E-state index contributed by atoms with van der Waals surface area (Å²) in [6, 6.07) is 11.3. The predicted octanol–water partition coefficient (Wildman–Crippen LogP) is 3.61. The molecule has 5 nitrogen and oxygen atoms in total. The van der Waals surface area contributed by atoms with Crippen LogP contribution in [0.5, 0.6) is 0 Å². The Hall–Kier alpha value is -3.08. The fraction of sp³-hybridized carbons (Fsp3) is 0.273. The number of nitrogens with zero attached hydrogens (tertiary/aromatic N) is 1. The number of fused-ring (bicyclic) bond motifs is 1. The van der Waals surface area contributed by atoms with Crippen molar-refractivity contribution < 1.29 is 14.0 Å². The van der Waals surface area contributed by atoms with Crippen molar-refractivity contribution in [2.45, 2.75) is 26.8 Å². The topological polar surface area (TPSA) is 62.6 Å². The summed E-state index contributed by atoms with van der Waals surface area (Å²) in [5.74, 6) is -0.104. The third-order valence-corrected chi connectivity index (χ3v) is 4.79. The maximum absolute atomic E-state index is 12.3. The highest BCUT2D eigenvalue weighted by Gasteiger charge is 2.13. The Kier molecular flexibility index (Phi) is 5.31. The molecule has 0 saturated heterocycles. The SMILES string of the molecule is Cc1ccc2c(CC(=O)NCc3ccc(C(=O)N(C)C)cc3)coc2c1C. The first-order valence-electron chi connectivity index (χ1n) is 8.90. The van der Waals surface area contributed by atoms with Crippen molar-refractivity contribution in [2.75, 3.05) is 14.1 Å². The van der Waals surface area contributed by atoms with Gasteiger partial charge < -0.3 is 14.6 Å². The van der Waals surface area contributed by atoms with Crippen LogP contribution in [0.3, 0.4) is 0 Å². The van der Waals surface area contributed by atoms with Crippen molar-refractivity contribution in [2.24, 2.45) is 0 Å². The van der Waals surface area contributed by atoms with E-state index in [4.69, 9.17) is 4.42 Å². The molecule has 0 saturated carbocycles. The molecule has 0 radical (unpaired) electrons. The van der Waals surface area contributed by atoms with E-state index in [1.165, 1.54) is 10.5 Å². The van der Waals surface area contributed by atoms with Gasteiger partial charge in [-0.3, -0.25) is 9.59 Å². The largest absolute Gasteiger partial charge is 0.464 e. The minimum atomic E-state index is -0.0654. The molecule has 1 aromatic heterocycles. The van der Waals surface area contributed by atoms with Crippen molar-refractivity contribution >= 4 is 22.8 Å². The van der Waals surface area contributed by atoms with Gasteiger partial charge in [-0.05, 0) is 42.7 Å². The maximum atomic E-state index is 12.3. The van der Waals surface area contributed by atoms with E-state index in [0.29, 0.717) is 12.1 Å². The Bertz CT molecular complexity index is 985. The lowest BCUT2D eigenvalue weighted by Gasteiger charge is -2.11. The summed E-state index contributed by atoms with van der Waals surface area (Å²) in [5.41, 5.74) is 5.58. The van der Waals surface area contributed by atoms with E-state index in [-0.39, 0.29) is 18.2 Å². The normalized spacial score (nSPS) is 10.8. The highest BCUT2D eigenvalue weighted by molar-refractivity contribution is 5.94. The molecular weight excluding hydrogens is 340 g/mol. The van der Waals surface area contributed by atoms with Crippen molar-refractivity contribution in [1.82, 2.24) is 10.2 Å². The third-order valence-electron chi connectivity index (χ3n) is 4.79. The molecule has 3 rings (SSSR count). The average molecular weight is 364 g/mol. The minimum Gasteiger partial charge on any atom is -0.464 e. The highest BCUT2D eigenvalue weighted by Crippen LogP contribution is 2.26. The minimum absolute atomic E-state index is 0.0389. The predicted molar refractivity (Wildman–Crippen MR) is 106 cm³/mol. The molecule has 0 unspecified atom stereocenters. The number of furan rings is 1. The lowest BCUT2D eigenvalue weighted by atomic mass is 10.0. The summed E-state index contributed by atoms with van der Waals surface area (Å²) >= 11 is 0. The van der Waals surface area contributed by atoms with Crippen LogP contribution in [0.4, 0.5) is 0 Å². The molecule has 0 aliphatic rings. The van der Waals surface area contributed by atoms with Crippen LogP contribution in [0.15, 0.2) is 47.1 Å². The summed E-state index contributed by atoms with van der Waals surface area (Å²) in [6.07, 6.45) is 1.94. The number of aryl methyl sites for hydroxylation is 2. The maximum Gasteiger partial charge on any atom is 0.253 e. The van der Waals surface area contributed by atoms with Crippen LogP contribution < -0.4 is 5.32 Å². The molecule has 140 valence electrons. The van der Waals surface area contributed by atoms with Crippen LogP contribution in [-0.4, -0.2) is 30.8 Å². The second-order valence-corrected chi connectivity index (χ2v) is 7.00. The molecule has 0 aliphatic heterocycles. The van der Waals surface area contributed by atoms with Gasteiger partial charge in [0.2, 0.25) is 5.91 Å². The summed E-state index contributed by atoms with van der Waals surface area (Å²) in [7, 11) is 3.44. The number of amides is 2. The Morgan fingerprint density at radius 1 is 1.04 bits per heavy atom. The standard InChI is InChI=1S/C22H24N2O3/c1-14-5-10-19-18(13-27-21(19)15(14)2)11-20(25)23-12-16-6-8-17(9-7-16)22(26)24(3)4/h5-10,13H,11-12H2,1-4H3,(H,23,25). The number of nitrogens with one attached hydrogen (secondary N) is 1. The number of carbonyl (C=O) groups excluding carboxylic acids is 2. The van der Waals surface area contributed by atoms with Gasteiger partial charge in [-0.1, -0.05) is 24.3 Å². The van der Waals surface area contributed by atoms with Gasteiger partial charge in [-0.15, -0.1) is 0 Å². The van der Waals surface area contributed by atoms with Crippen molar-refractivity contribution in [3.8, 4) is 0 Å². The monoisotopic (exact) mass is 364 g/mol. The van der Waals surface area contributed by atoms with E-state index in [1.807, 2.05) is 38.1 Å². The molecule has 0 bridgehead atoms. The zero-order chi connectivity index (χ0) is 19.6. The zero-order valence-electron chi connectivity index (χ0n) is 16.1. The van der Waals surface area contributed by atoms with Gasteiger partial charge >= 0.3 is 0 Å². The van der Waals surface area contributed by atoms with Crippen LogP contribution >= 0.6 is 0 Å². The lowest BCUT2D eigenvalue weighted by molar-refractivity contribution is -0.120. The zero-order valence-corrected chi connectivity index (χ0v) is 16.1. The third kappa shape index (κ3) is 4.03. The van der Waals surface area contributed by atoms with E-state index in [2.05, 4.69) is 5.32 Å². The molecule has 2 aromatic carbocycles. The fourth-order valence-corrected chi connectivity index (χ4v) is 2.98. The summed E-state index contributed by atoms with van der Waals surface area (Å²) < 4.78 is 5.66. The number of hydrogen-bond acceptors (Lipinski definition) is 3. The van der Waals surface area contributed by atoms with Crippen LogP contribution in [0, 0.1) is 13.8 Å². The number of rotatable bonds is 5. The quantitative estimate of drug-likeness (QED) is 0.752. The Balaban J connectivity index is 1.62. The summed E-state index contributed by atoms with van der Waals surface area (Å²) in [4.78, 5) is 25.8. The Labute approximate surface area is 159 Å². The second-order valence-electron chi connectivity index (χ2n) is 7.00.